The monoisotopic (exact) mass is 378 g/mol. The van der Waals surface area contributed by atoms with Gasteiger partial charge in [0, 0.05) is 11.1 Å². The van der Waals surface area contributed by atoms with Gasteiger partial charge in [0.2, 0.25) is 0 Å². The quantitative estimate of drug-likeness (QED) is 0.757. The van der Waals surface area contributed by atoms with Crippen molar-refractivity contribution in [2.45, 2.75) is 24.2 Å². The Morgan fingerprint density at radius 3 is 2.79 bits per heavy atom. The van der Waals surface area contributed by atoms with E-state index in [0.717, 1.165) is 17.5 Å². The lowest BCUT2D eigenvalue weighted by Crippen LogP contribution is -2.09. The first-order chi connectivity index (χ1) is 11.4. The number of benzene rings is 1. The molecule has 1 aliphatic carbocycles. The Morgan fingerprint density at radius 1 is 1.21 bits per heavy atom. The van der Waals surface area contributed by atoms with E-state index in [9.17, 15) is 13.2 Å². The molecule has 0 radical (unpaired) electrons. The Labute approximate surface area is 147 Å². The highest BCUT2D eigenvalue weighted by atomic mass is 32.2. The number of anilines is 1. The minimum atomic E-state index is -3.26. The number of nitrogens with zero attached hydrogens (tertiary/aromatic N) is 1. The van der Waals surface area contributed by atoms with Crippen LogP contribution < -0.4 is 5.32 Å². The summed E-state index contributed by atoms with van der Waals surface area (Å²) in [7, 11) is -3.26. The Balaban J connectivity index is 1.60. The minimum Gasteiger partial charge on any atom is -0.297 e. The third-order valence-electron chi connectivity index (χ3n) is 3.98. The molecule has 4 rings (SSSR count). The van der Waals surface area contributed by atoms with E-state index in [4.69, 9.17) is 0 Å². The molecule has 1 aromatic carbocycles. The molecule has 5 nitrogen and oxygen atoms in total. The van der Waals surface area contributed by atoms with Gasteiger partial charge < -0.3 is 0 Å². The van der Waals surface area contributed by atoms with Gasteiger partial charge in [-0.25, -0.2) is 13.4 Å². The third-order valence-corrected chi connectivity index (χ3v) is 7.26. The summed E-state index contributed by atoms with van der Waals surface area (Å²) in [5.74, 6) is -0.156. The van der Waals surface area contributed by atoms with Crippen LogP contribution in [0.5, 0.6) is 0 Å². The maximum Gasteiger partial charge on any atom is 0.267 e. The lowest BCUT2D eigenvalue weighted by molar-refractivity contribution is 0.103. The van der Waals surface area contributed by atoms with Crippen molar-refractivity contribution in [1.29, 1.82) is 0 Å². The predicted molar refractivity (Wildman–Crippen MR) is 97.0 cm³/mol. The van der Waals surface area contributed by atoms with Crippen LogP contribution in [0, 0.1) is 0 Å². The summed E-state index contributed by atoms with van der Waals surface area (Å²) in [4.78, 5) is 19.0. The zero-order valence-electron chi connectivity index (χ0n) is 12.8. The summed E-state index contributed by atoms with van der Waals surface area (Å²) in [5, 5.41) is 3.30. The highest BCUT2D eigenvalue weighted by molar-refractivity contribution is 7.90. The molecule has 0 fully saturated rings. The van der Waals surface area contributed by atoms with E-state index in [1.807, 2.05) is 6.07 Å². The van der Waals surface area contributed by atoms with Gasteiger partial charge in [-0.2, -0.15) is 0 Å². The zero-order chi connectivity index (χ0) is 16.9. The number of nitrogens with one attached hydrogen (secondary N) is 1. The van der Waals surface area contributed by atoms with Crippen molar-refractivity contribution in [3.63, 3.8) is 0 Å². The number of hydrogen-bond acceptors (Lipinski definition) is 6. The molecule has 0 spiro atoms. The molecular weight excluding hydrogens is 364 g/mol. The number of amides is 1. The summed E-state index contributed by atoms with van der Waals surface area (Å²) < 4.78 is 24.0. The van der Waals surface area contributed by atoms with Crippen LogP contribution >= 0.6 is 22.7 Å². The molecule has 2 aromatic heterocycles. The molecule has 124 valence electrons. The molecule has 0 atom stereocenters. The van der Waals surface area contributed by atoms with Gasteiger partial charge in [-0.05, 0) is 49.1 Å². The highest BCUT2D eigenvalue weighted by Gasteiger charge is 2.19. The Bertz CT molecular complexity index is 1040. The molecule has 3 aromatic rings. The number of thiazole rings is 1. The molecule has 0 aliphatic heterocycles. The Morgan fingerprint density at radius 2 is 2.04 bits per heavy atom. The van der Waals surface area contributed by atoms with Gasteiger partial charge in [0.15, 0.2) is 15.0 Å². The SMILES string of the molecule is CS(=O)(=O)c1ccc2nc(NC(=O)c3cc4c(s3)CCC4)sc2c1. The molecule has 1 aliphatic rings. The number of fused-ring (bicyclic) bond motifs is 2. The van der Waals surface area contributed by atoms with E-state index >= 15 is 0 Å². The van der Waals surface area contributed by atoms with Crippen LogP contribution in [-0.2, 0) is 22.7 Å². The van der Waals surface area contributed by atoms with Crippen molar-refractivity contribution < 1.29 is 13.2 Å². The molecule has 0 saturated heterocycles. The van der Waals surface area contributed by atoms with Crippen LogP contribution in [0.15, 0.2) is 29.2 Å². The summed E-state index contributed by atoms with van der Waals surface area (Å²) in [6, 6.07) is 6.76. The number of sulfone groups is 1. The van der Waals surface area contributed by atoms with Gasteiger partial charge in [0.25, 0.3) is 5.91 Å². The predicted octanol–water partition coefficient (Wildman–Crippen LogP) is 3.50. The fourth-order valence-electron chi connectivity index (χ4n) is 2.79. The zero-order valence-corrected chi connectivity index (χ0v) is 15.3. The first-order valence-corrected chi connectivity index (χ1v) is 11.0. The van der Waals surface area contributed by atoms with E-state index in [1.165, 1.54) is 40.5 Å². The van der Waals surface area contributed by atoms with Gasteiger partial charge in [-0.3, -0.25) is 10.1 Å². The van der Waals surface area contributed by atoms with Crippen LogP contribution in [-0.4, -0.2) is 25.6 Å². The first kappa shape index (κ1) is 15.7. The molecule has 0 unspecified atom stereocenters. The first-order valence-electron chi connectivity index (χ1n) is 7.44. The average Bonchev–Trinajstić information content (AvgIpc) is 3.18. The fraction of sp³-hybridized carbons (Fsp3) is 0.250. The Hall–Kier alpha value is -1.77. The van der Waals surface area contributed by atoms with E-state index in [2.05, 4.69) is 10.3 Å². The highest BCUT2D eigenvalue weighted by Crippen LogP contribution is 2.32. The number of carbonyl (C=O) groups excluding carboxylic acids is 1. The number of thiophene rings is 1. The number of carbonyl (C=O) groups is 1. The van der Waals surface area contributed by atoms with Crippen LogP contribution in [0.25, 0.3) is 10.2 Å². The third kappa shape index (κ3) is 2.85. The summed E-state index contributed by atoms with van der Waals surface area (Å²) in [6.07, 6.45) is 4.45. The normalized spacial score (nSPS) is 14.0. The topological polar surface area (TPSA) is 76.1 Å². The maximum absolute atomic E-state index is 12.4. The maximum atomic E-state index is 12.4. The number of aryl methyl sites for hydroxylation is 2. The van der Waals surface area contributed by atoms with Gasteiger partial charge in [-0.15, -0.1) is 11.3 Å². The van der Waals surface area contributed by atoms with Crippen molar-refractivity contribution in [2.24, 2.45) is 0 Å². The van der Waals surface area contributed by atoms with E-state index < -0.39 is 9.84 Å². The largest absolute Gasteiger partial charge is 0.297 e. The van der Waals surface area contributed by atoms with E-state index in [0.29, 0.717) is 15.5 Å². The van der Waals surface area contributed by atoms with Crippen LogP contribution in [0.3, 0.4) is 0 Å². The Kier molecular flexibility index (Phi) is 3.70. The lowest BCUT2D eigenvalue weighted by Gasteiger charge is -1.97. The van der Waals surface area contributed by atoms with Gasteiger partial charge in [0.1, 0.15) is 0 Å². The van der Waals surface area contributed by atoms with E-state index in [-0.39, 0.29) is 10.8 Å². The van der Waals surface area contributed by atoms with Gasteiger partial charge in [-0.1, -0.05) is 11.3 Å². The number of hydrogen-bond donors (Lipinski definition) is 1. The minimum absolute atomic E-state index is 0.156. The molecule has 24 heavy (non-hydrogen) atoms. The van der Waals surface area contributed by atoms with Gasteiger partial charge >= 0.3 is 0 Å². The number of rotatable bonds is 3. The molecule has 0 saturated carbocycles. The summed E-state index contributed by atoms with van der Waals surface area (Å²) >= 11 is 2.83. The summed E-state index contributed by atoms with van der Waals surface area (Å²) in [5.41, 5.74) is 1.96. The average molecular weight is 379 g/mol. The molecule has 2 heterocycles. The van der Waals surface area contributed by atoms with Crippen LogP contribution in [0.4, 0.5) is 5.13 Å². The van der Waals surface area contributed by atoms with Crippen molar-refractivity contribution in [2.75, 3.05) is 11.6 Å². The van der Waals surface area contributed by atoms with Crippen molar-refractivity contribution >= 4 is 53.8 Å². The van der Waals surface area contributed by atoms with Crippen LogP contribution in [0.1, 0.15) is 26.5 Å². The van der Waals surface area contributed by atoms with Crippen molar-refractivity contribution in [3.8, 4) is 0 Å². The standard InChI is InChI=1S/C16H14N2O3S3/c1-24(20,21)10-5-6-11-13(8-10)23-16(17-11)18-15(19)14-7-9-3-2-4-12(9)22-14/h5-8H,2-4H2,1H3,(H,17,18,19). The molecular formula is C16H14N2O3S3. The smallest absolute Gasteiger partial charge is 0.267 e. The molecule has 0 bridgehead atoms. The van der Waals surface area contributed by atoms with Gasteiger partial charge in [0.05, 0.1) is 20.0 Å². The second-order valence-corrected chi connectivity index (χ2v) is 9.97. The second-order valence-electron chi connectivity index (χ2n) is 5.79. The van der Waals surface area contributed by atoms with Crippen LogP contribution in [0.2, 0.25) is 0 Å². The molecule has 1 amide bonds. The second kappa shape index (κ2) is 5.65. The lowest BCUT2D eigenvalue weighted by atomic mass is 10.2. The summed E-state index contributed by atoms with van der Waals surface area (Å²) in [6.45, 7) is 0. The fourth-order valence-corrected chi connectivity index (χ4v) is 5.56. The van der Waals surface area contributed by atoms with Crippen molar-refractivity contribution in [3.05, 3.63) is 39.6 Å². The van der Waals surface area contributed by atoms with Crippen molar-refractivity contribution in [1.82, 2.24) is 4.98 Å². The molecule has 8 heteroatoms. The number of aromatic nitrogens is 1. The molecule has 1 N–H and O–H groups in total. The van der Waals surface area contributed by atoms with E-state index in [1.54, 1.807) is 23.5 Å².